The van der Waals surface area contributed by atoms with Gasteiger partial charge in [-0.1, -0.05) is 36.4 Å². The Kier molecular flexibility index (Phi) is 11.7. The molecule has 238 valence electrons. The van der Waals surface area contributed by atoms with Crippen molar-refractivity contribution in [1.29, 1.82) is 0 Å². The topological polar surface area (TPSA) is 106 Å². The van der Waals surface area contributed by atoms with Gasteiger partial charge in [-0.15, -0.1) is 0 Å². The number of amides is 2. The summed E-state index contributed by atoms with van der Waals surface area (Å²) in [5, 5.41) is 5.65. The first kappa shape index (κ1) is 33.2. The van der Waals surface area contributed by atoms with E-state index in [1.165, 1.54) is 0 Å². The summed E-state index contributed by atoms with van der Waals surface area (Å²) in [5.41, 5.74) is 0.411. The molecule has 12 heteroatoms. The van der Waals surface area contributed by atoms with Crippen LogP contribution in [0.4, 0.5) is 24.8 Å². The largest absolute Gasteiger partial charge is 0.458 e. The Morgan fingerprint density at radius 3 is 2.40 bits per heavy atom. The first-order valence-electron chi connectivity index (χ1n) is 14.6. The number of halogens is 3. The highest BCUT2D eigenvalue weighted by molar-refractivity contribution is 5.97. The number of benzene rings is 2. The molecule has 1 aromatic heterocycles. The maximum absolute atomic E-state index is 13.3. The van der Waals surface area contributed by atoms with E-state index in [0.29, 0.717) is 30.0 Å². The molecule has 45 heavy (non-hydrogen) atoms. The third kappa shape index (κ3) is 9.90. The molecule has 0 radical (unpaired) electrons. The van der Waals surface area contributed by atoms with Gasteiger partial charge in [-0.3, -0.25) is 9.59 Å². The smallest absolute Gasteiger partial charge is 0.433 e. The van der Waals surface area contributed by atoms with E-state index in [1.807, 2.05) is 62.4 Å². The summed E-state index contributed by atoms with van der Waals surface area (Å²) < 4.78 is 50.9. The van der Waals surface area contributed by atoms with Crippen LogP contribution in [0.3, 0.4) is 0 Å². The Morgan fingerprint density at radius 1 is 1.04 bits per heavy atom. The van der Waals surface area contributed by atoms with Crippen LogP contribution in [0.1, 0.15) is 37.9 Å². The maximum Gasteiger partial charge on any atom is 0.433 e. The van der Waals surface area contributed by atoms with Crippen molar-refractivity contribution in [1.82, 2.24) is 15.3 Å². The van der Waals surface area contributed by atoms with Gasteiger partial charge in [0, 0.05) is 30.9 Å². The number of allylic oxidation sites excluding steroid dienone is 3. The number of rotatable bonds is 12. The van der Waals surface area contributed by atoms with E-state index in [4.69, 9.17) is 9.47 Å². The Balaban J connectivity index is 1.38. The maximum atomic E-state index is 13.3. The lowest BCUT2D eigenvalue weighted by Crippen LogP contribution is -2.50. The number of hydrogen-bond donors (Lipinski definition) is 2. The van der Waals surface area contributed by atoms with E-state index in [0.717, 1.165) is 17.8 Å². The number of aromatic nitrogens is 2. The average Bonchev–Trinajstić information content (AvgIpc) is 3.05. The van der Waals surface area contributed by atoms with Gasteiger partial charge in [-0.05, 0) is 74.7 Å². The van der Waals surface area contributed by atoms with Crippen molar-refractivity contribution in [3.63, 3.8) is 0 Å². The molecule has 1 unspecified atom stereocenters. The van der Waals surface area contributed by atoms with E-state index in [9.17, 15) is 22.8 Å². The average molecular weight is 624 g/mol. The fourth-order valence-electron chi connectivity index (χ4n) is 4.67. The molecular weight excluding hydrogens is 587 g/mol. The number of ether oxygens (including phenoxy) is 2. The molecule has 2 N–H and O–H groups in total. The van der Waals surface area contributed by atoms with E-state index < -0.39 is 29.7 Å². The van der Waals surface area contributed by atoms with Crippen LogP contribution < -0.4 is 20.3 Å². The predicted molar refractivity (Wildman–Crippen MR) is 164 cm³/mol. The SMILES string of the molecule is C/C=C\C(=C/C)Oc1ccc(NC(=O)C(COCc2ccccc2)NC(=O)C2CCN(c3nccc(C(F)(F)F)n3)CC2)cc1. The van der Waals surface area contributed by atoms with E-state index in [1.54, 1.807) is 29.2 Å². The molecular formula is C33H36F3N5O4. The number of carbonyl (C=O) groups is 2. The van der Waals surface area contributed by atoms with Crippen LogP contribution in [-0.2, 0) is 27.1 Å². The number of carbonyl (C=O) groups excluding carboxylic acids is 2. The number of nitrogens with one attached hydrogen (secondary N) is 2. The minimum atomic E-state index is -4.58. The van der Waals surface area contributed by atoms with Crippen molar-refractivity contribution in [3.05, 3.63) is 102 Å². The van der Waals surface area contributed by atoms with Gasteiger partial charge >= 0.3 is 6.18 Å². The molecule has 2 aromatic carbocycles. The molecule has 1 atom stereocenters. The van der Waals surface area contributed by atoms with Crippen molar-refractivity contribution in [2.45, 2.75) is 45.5 Å². The molecule has 0 bridgehead atoms. The van der Waals surface area contributed by atoms with Crippen molar-refractivity contribution in [2.75, 3.05) is 29.9 Å². The van der Waals surface area contributed by atoms with Gasteiger partial charge in [0.25, 0.3) is 0 Å². The van der Waals surface area contributed by atoms with Crippen LogP contribution in [0.25, 0.3) is 0 Å². The van der Waals surface area contributed by atoms with Gasteiger partial charge in [0.2, 0.25) is 17.8 Å². The Morgan fingerprint density at radius 2 is 1.76 bits per heavy atom. The molecule has 0 spiro atoms. The molecule has 0 saturated carbocycles. The normalized spacial score (nSPS) is 15.1. The van der Waals surface area contributed by atoms with E-state index in [-0.39, 0.29) is 38.2 Å². The monoisotopic (exact) mass is 623 g/mol. The van der Waals surface area contributed by atoms with Crippen molar-refractivity contribution >= 4 is 23.5 Å². The standard InChI is InChI=1S/C33H36F3N5O4/c1-3-8-26(4-2)45-27-13-11-25(12-14-27)38-31(43)28(22-44-21-23-9-6-5-7-10-23)39-30(42)24-16-19-41(20-17-24)32-37-18-15-29(40-32)33(34,35)36/h3-15,18,24,28H,16-17,19-22H2,1-2H3,(H,38,43)(H,39,42)/b8-3-,26-4+. The van der Waals surface area contributed by atoms with Crippen molar-refractivity contribution in [2.24, 2.45) is 5.92 Å². The highest BCUT2D eigenvalue weighted by atomic mass is 19.4. The number of alkyl halides is 3. The number of anilines is 2. The van der Waals surface area contributed by atoms with Gasteiger partial charge in [0.1, 0.15) is 23.2 Å². The molecule has 2 amide bonds. The first-order valence-corrected chi connectivity index (χ1v) is 14.6. The highest BCUT2D eigenvalue weighted by Gasteiger charge is 2.34. The molecule has 1 aliphatic heterocycles. The lowest BCUT2D eigenvalue weighted by atomic mass is 9.95. The minimum Gasteiger partial charge on any atom is -0.458 e. The summed E-state index contributed by atoms with van der Waals surface area (Å²) >= 11 is 0. The summed E-state index contributed by atoms with van der Waals surface area (Å²) in [7, 11) is 0. The molecule has 1 saturated heterocycles. The Hall–Kier alpha value is -4.71. The van der Waals surface area contributed by atoms with Crippen molar-refractivity contribution < 1.29 is 32.2 Å². The van der Waals surface area contributed by atoms with Crippen LogP contribution in [0.2, 0.25) is 0 Å². The molecule has 4 rings (SSSR count). The van der Waals surface area contributed by atoms with Gasteiger partial charge in [-0.2, -0.15) is 13.2 Å². The fourth-order valence-corrected chi connectivity index (χ4v) is 4.67. The van der Waals surface area contributed by atoms with E-state index in [2.05, 4.69) is 20.6 Å². The van der Waals surface area contributed by atoms with Gasteiger partial charge in [0.05, 0.1) is 13.2 Å². The zero-order valence-corrected chi connectivity index (χ0v) is 25.1. The lowest BCUT2D eigenvalue weighted by molar-refractivity contribution is -0.141. The molecule has 0 aliphatic carbocycles. The van der Waals surface area contributed by atoms with Crippen LogP contribution >= 0.6 is 0 Å². The second kappa shape index (κ2) is 15.8. The van der Waals surface area contributed by atoms with E-state index >= 15 is 0 Å². The fraction of sp³-hybridized carbons (Fsp3) is 0.333. The third-order valence-corrected chi connectivity index (χ3v) is 7.08. The minimum absolute atomic E-state index is 0.0320. The molecule has 2 heterocycles. The van der Waals surface area contributed by atoms with Crippen LogP contribution in [0.15, 0.2) is 90.8 Å². The van der Waals surface area contributed by atoms with Gasteiger partial charge in [0.15, 0.2) is 0 Å². The van der Waals surface area contributed by atoms with Gasteiger partial charge < -0.3 is 25.0 Å². The summed E-state index contributed by atoms with van der Waals surface area (Å²) in [6.45, 7) is 4.52. The molecule has 1 aliphatic rings. The lowest BCUT2D eigenvalue weighted by Gasteiger charge is -2.32. The predicted octanol–water partition coefficient (Wildman–Crippen LogP) is 5.91. The summed E-state index contributed by atoms with van der Waals surface area (Å²) in [4.78, 5) is 35.9. The number of nitrogens with zero attached hydrogens (tertiary/aromatic N) is 3. The van der Waals surface area contributed by atoms with Crippen LogP contribution in [0, 0.1) is 5.92 Å². The number of piperidine rings is 1. The summed E-state index contributed by atoms with van der Waals surface area (Å²) in [6.07, 6.45) is 2.74. The zero-order chi connectivity index (χ0) is 32.2. The molecule has 3 aromatic rings. The second-order valence-corrected chi connectivity index (χ2v) is 10.4. The van der Waals surface area contributed by atoms with Crippen LogP contribution in [0.5, 0.6) is 5.75 Å². The zero-order valence-electron chi connectivity index (χ0n) is 25.1. The second-order valence-electron chi connectivity index (χ2n) is 10.4. The first-order chi connectivity index (χ1) is 21.7. The van der Waals surface area contributed by atoms with Crippen LogP contribution in [-0.4, -0.2) is 47.5 Å². The Bertz CT molecular complexity index is 1470. The highest BCUT2D eigenvalue weighted by Crippen LogP contribution is 2.29. The van der Waals surface area contributed by atoms with Gasteiger partial charge in [-0.25, -0.2) is 9.97 Å². The summed E-state index contributed by atoms with van der Waals surface area (Å²) in [5.74, 6) is -0.00289. The molecule has 9 nitrogen and oxygen atoms in total. The third-order valence-electron chi connectivity index (χ3n) is 7.08. The quantitative estimate of drug-likeness (QED) is 0.191. The summed E-state index contributed by atoms with van der Waals surface area (Å²) in [6, 6.07) is 16.1. The molecule has 1 fully saturated rings. The van der Waals surface area contributed by atoms with Crippen molar-refractivity contribution in [3.8, 4) is 5.75 Å². The number of hydrogen-bond acceptors (Lipinski definition) is 7. The Labute approximate surface area is 260 Å².